The van der Waals surface area contributed by atoms with E-state index in [9.17, 15) is 9.90 Å². The van der Waals surface area contributed by atoms with Crippen LogP contribution in [0.25, 0.3) is 27.8 Å². The Morgan fingerprint density at radius 3 is 2.67 bits per heavy atom. The second-order valence-electron chi connectivity index (χ2n) is 8.97. The molecule has 0 aliphatic rings. The van der Waals surface area contributed by atoms with Gasteiger partial charge in [-0.2, -0.15) is 5.10 Å². The summed E-state index contributed by atoms with van der Waals surface area (Å²) in [6.07, 6.45) is 3.23. The number of H-pyrrole nitrogens is 1. The summed E-state index contributed by atoms with van der Waals surface area (Å²) in [5.74, 6) is -1.46. The fourth-order valence-electron chi connectivity index (χ4n) is 4.07. The van der Waals surface area contributed by atoms with Gasteiger partial charge in [0.1, 0.15) is 0 Å². The number of aryl methyl sites for hydroxylation is 1. The van der Waals surface area contributed by atoms with Crippen molar-refractivity contribution >= 4 is 22.5 Å². The largest absolute Gasteiger partial charge is 0.481 e. The van der Waals surface area contributed by atoms with Gasteiger partial charge in [0, 0.05) is 45.4 Å². The molecule has 3 aromatic heterocycles. The Bertz CT molecular complexity index is 1240. The van der Waals surface area contributed by atoms with Crippen LogP contribution in [0.3, 0.4) is 0 Å². The van der Waals surface area contributed by atoms with Crippen molar-refractivity contribution in [2.45, 2.75) is 58.8 Å². The van der Waals surface area contributed by atoms with Crippen molar-refractivity contribution in [1.29, 1.82) is 0 Å². The summed E-state index contributed by atoms with van der Waals surface area (Å²) >= 11 is 0. The molecule has 0 spiro atoms. The van der Waals surface area contributed by atoms with Crippen LogP contribution < -0.4 is 0 Å². The number of rotatable bonds is 5. The normalized spacial score (nSPS) is 13.2. The highest BCUT2D eigenvalue weighted by atomic mass is 16.4. The lowest BCUT2D eigenvalue weighted by Crippen LogP contribution is -2.17. The standard InChI is InChI=1S/C24H28N4O2/c1-6-7-17(23(29)30)21-14(2)26-20-13-19(24(3,4)5)27-28(20)22(21)16-8-9-18-15(12-16)10-11-25-18/h8-13,17,25H,6-7H2,1-5H3,(H,29,30). The monoisotopic (exact) mass is 404 g/mol. The molecule has 0 aliphatic carbocycles. The van der Waals surface area contributed by atoms with E-state index < -0.39 is 11.9 Å². The molecule has 30 heavy (non-hydrogen) atoms. The zero-order chi connectivity index (χ0) is 21.6. The third kappa shape index (κ3) is 3.36. The van der Waals surface area contributed by atoms with Gasteiger partial charge >= 0.3 is 5.97 Å². The first-order valence-corrected chi connectivity index (χ1v) is 10.4. The topological polar surface area (TPSA) is 83.3 Å². The van der Waals surface area contributed by atoms with Crippen molar-refractivity contribution < 1.29 is 9.90 Å². The maximum absolute atomic E-state index is 12.2. The number of hydrogen-bond acceptors (Lipinski definition) is 3. The number of carboxylic acids is 1. The van der Waals surface area contributed by atoms with Gasteiger partial charge < -0.3 is 10.1 Å². The van der Waals surface area contributed by atoms with Gasteiger partial charge in [0.2, 0.25) is 0 Å². The lowest BCUT2D eigenvalue weighted by molar-refractivity contribution is -0.139. The summed E-state index contributed by atoms with van der Waals surface area (Å²) in [4.78, 5) is 20.2. The average molecular weight is 405 g/mol. The van der Waals surface area contributed by atoms with Crippen LogP contribution in [0.15, 0.2) is 36.5 Å². The van der Waals surface area contributed by atoms with Gasteiger partial charge in [-0.1, -0.05) is 40.2 Å². The van der Waals surface area contributed by atoms with Crippen LogP contribution in [-0.4, -0.2) is 30.7 Å². The summed E-state index contributed by atoms with van der Waals surface area (Å²) in [5, 5.41) is 16.0. The molecule has 0 radical (unpaired) electrons. The molecule has 1 unspecified atom stereocenters. The number of aliphatic carboxylic acids is 1. The Morgan fingerprint density at radius 2 is 2.00 bits per heavy atom. The van der Waals surface area contributed by atoms with Crippen molar-refractivity contribution in [2.75, 3.05) is 0 Å². The molecule has 1 aromatic carbocycles. The first kappa shape index (κ1) is 20.1. The Kier molecular flexibility index (Phi) is 4.88. The summed E-state index contributed by atoms with van der Waals surface area (Å²) in [7, 11) is 0. The predicted molar refractivity (Wildman–Crippen MR) is 119 cm³/mol. The minimum Gasteiger partial charge on any atom is -0.481 e. The third-order valence-corrected chi connectivity index (χ3v) is 5.65. The number of carboxylic acid groups (broad SMARTS) is 1. The molecule has 0 saturated carbocycles. The van der Waals surface area contributed by atoms with E-state index in [1.54, 1.807) is 0 Å². The Labute approximate surface area is 176 Å². The summed E-state index contributed by atoms with van der Waals surface area (Å²) in [6.45, 7) is 10.3. The van der Waals surface area contributed by atoms with Crippen LogP contribution in [0.2, 0.25) is 0 Å². The van der Waals surface area contributed by atoms with E-state index in [1.165, 1.54) is 0 Å². The van der Waals surface area contributed by atoms with E-state index in [4.69, 9.17) is 10.1 Å². The van der Waals surface area contributed by atoms with Crippen LogP contribution in [0.4, 0.5) is 0 Å². The molecule has 0 amide bonds. The summed E-state index contributed by atoms with van der Waals surface area (Å²) in [5.41, 5.74) is 5.82. The second-order valence-corrected chi connectivity index (χ2v) is 8.97. The first-order valence-electron chi connectivity index (χ1n) is 10.4. The van der Waals surface area contributed by atoms with Gasteiger partial charge in [-0.15, -0.1) is 0 Å². The van der Waals surface area contributed by atoms with Crippen molar-refractivity contribution in [3.63, 3.8) is 0 Å². The Hall–Kier alpha value is -3.15. The molecule has 0 aliphatic heterocycles. The second kappa shape index (κ2) is 7.27. The van der Waals surface area contributed by atoms with Crippen molar-refractivity contribution in [2.24, 2.45) is 0 Å². The molecule has 2 N–H and O–H groups in total. The number of aromatic amines is 1. The number of carbonyl (C=O) groups is 1. The molecular weight excluding hydrogens is 376 g/mol. The fourth-order valence-corrected chi connectivity index (χ4v) is 4.07. The summed E-state index contributed by atoms with van der Waals surface area (Å²) < 4.78 is 1.84. The number of fused-ring (bicyclic) bond motifs is 2. The van der Waals surface area contributed by atoms with Gasteiger partial charge in [0.05, 0.1) is 17.3 Å². The zero-order valence-corrected chi connectivity index (χ0v) is 18.2. The molecular formula is C24H28N4O2. The van der Waals surface area contributed by atoms with E-state index in [1.807, 2.05) is 48.8 Å². The highest BCUT2D eigenvalue weighted by Crippen LogP contribution is 2.36. The minimum absolute atomic E-state index is 0.140. The van der Waals surface area contributed by atoms with Crippen molar-refractivity contribution in [1.82, 2.24) is 19.6 Å². The SMILES string of the molecule is CCCC(C(=O)O)c1c(C)nc2cc(C(C)(C)C)nn2c1-c1ccc2[nH]ccc2c1. The number of benzene rings is 1. The highest BCUT2D eigenvalue weighted by Gasteiger charge is 2.29. The third-order valence-electron chi connectivity index (χ3n) is 5.65. The average Bonchev–Trinajstić information content (AvgIpc) is 3.30. The quantitative estimate of drug-likeness (QED) is 0.463. The minimum atomic E-state index is -0.826. The van der Waals surface area contributed by atoms with Gasteiger partial charge in [0.15, 0.2) is 5.65 Å². The Morgan fingerprint density at radius 1 is 1.23 bits per heavy atom. The molecule has 0 bridgehead atoms. The first-order chi connectivity index (χ1) is 14.2. The molecule has 4 rings (SSSR count). The predicted octanol–water partition coefficient (Wildman–Crippen LogP) is 5.45. The fraction of sp³-hybridized carbons (Fsp3) is 0.375. The maximum Gasteiger partial charge on any atom is 0.311 e. The molecule has 6 nitrogen and oxygen atoms in total. The molecule has 156 valence electrons. The number of aromatic nitrogens is 4. The van der Waals surface area contributed by atoms with Crippen LogP contribution in [-0.2, 0) is 10.2 Å². The van der Waals surface area contributed by atoms with E-state index in [-0.39, 0.29) is 5.41 Å². The van der Waals surface area contributed by atoms with E-state index in [0.29, 0.717) is 6.42 Å². The molecule has 0 fully saturated rings. The smallest absolute Gasteiger partial charge is 0.311 e. The lowest BCUT2D eigenvalue weighted by atomic mass is 9.89. The van der Waals surface area contributed by atoms with Crippen LogP contribution in [0.1, 0.15) is 63.4 Å². The van der Waals surface area contributed by atoms with Crippen molar-refractivity contribution in [3.8, 4) is 11.3 Å². The number of nitrogens with zero attached hydrogens (tertiary/aromatic N) is 3. The molecule has 4 aromatic rings. The Balaban J connectivity index is 2.09. The molecule has 3 heterocycles. The molecule has 1 atom stereocenters. The zero-order valence-electron chi connectivity index (χ0n) is 18.2. The maximum atomic E-state index is 12.2. The van der Waals surface area contributed by atoms with E-state index >= 15 is 0 Å². The lowest BCUT2D eigenvalue weighted by Gasteiger charge is -2.20. The van der Waals surface area contributed by atoms with E-state index in [2.05, 4.69) is 31.8 Å². The van der Waals surface area contributed by atoms with E-state index in [0.717, 1.165) is 51.2 Å². The van der Waals surface area contributed by atoms with Crippen molar-refractivity contribution in [3.05, 3.63) is 53.5 Å². The van der Waals surface area contributed by atoms with Crippen LogP contribution >= 0.6 is 0 Å². The highest BCUT2D eigenvalue weighted by molar-refractivity contribution is 5.87. The molecule has 6 heteroatoms. The van der Waals surface area contributed by atoms with Gasteiger partial charge in [-0.3, -0.25) is 4.79 Å². The number of nitrogens with one attached hydrogen (secondary N) is 1. The number of hydrogen-bond donors (Lipinski definition) is 2. The van der Waals surface area contributed by atoms with Crippen LogP contribution in [0.5, 0.6) is 0 Å². The molecule has 0 saturated heterocycles. The van der Waals surface area contributed by atoms with Crippen LogP contribution in [0, 0.1) is 6.92 Å². The van der Waals surface area contributed by atoms with Gasteiger partial charge in [-0.05, 0) is 31.5 Å². The van der Waals surface area contributed by atoms with Gasteiger partial charge in [0.25, 0.3) is 0 Å². The summed E-state index contributed by atoms with van der Waals surface area (Å²) in [6, 6.07) is 10.2. The van der Waals surface area contributed by atoms with Gasteiger partial charge in [-0.25, -0.2) is 9.50 Å².